The van der Waals surface area contributed by atoms with E-state index in [0.717, 1.165) is 68.8 Å². The molecule has 0 saturated carbocycles. The van der Waals surface area contributed by atoms with Crippen LogP contribution in [-0.2, 0) is 11.3 Å². The number of amides is 2. The zero-order valence-corrected chi connectivity index (χ0v) is 14.8. The monoisotopic (exact) mass is 359 g/mol. The second-order valence-corrected chi connectivity index (χ2v) is 6.98. The summed E-state index contributed by atoms with van der Waals surface area (Å²) in [5, 5.41) is 2.98. The molecule has 0 atom stereocenters. The van der Waals surface area contributed by atoms with E-state index < -0.39 is 0 Å². The van der Waals surface area contributed by atoms with Crippen LogP contribution in [0.15, 0.2) is 23.0 Å². The van der Waals surface area contributed by atoms with Gasteiger partial charge >= 0.3 is 11.7 Å². The minimum Gasteiger partial charge on any atom is -0.381 e. The van der Waals surface area contributed by atoms with Gasteiger partial charge in [0.2, 0.25) is 0 Å². The van der Waals surface area contributed by atoms with Crippen molar-refractivity contribution in [2.24, 2.45) is 0 Å². The fourth-order valence-corrected chi connectivity index (χ4v) is 3.82. The summed E-state index contributed by atoms with van der Waals surface area (Å²) in [6.07, 6.45) is 2.19. The minimum atomic E-state index is -0.219. The lowest BCUT2D eigenvalue weighted by atomic mass is 10.1. The van der Waals surface area contributed by atoms with Crippen molar-refractivity contribution in [3.8, 4) is 0 Å². The molecule has 2 aliphatic heterocycles. The average molecular weight is 359 g/mol. The molecule has 2 aromatic rings. The highest BCUT2D eigenvalue weighted by atomic mass is 16.5. The minimum absolute atomic E-state index is 0.0284. The number of carbonyl (C=O) groups is 1. The number of piperazine rings is 1. The van der Waals surface area contributed by atoms with Gasteiger partial charge in [-0.15, -0.1) is 0 Å². The molecule has 3 N–H and O–H groups in total. The van der Waals surface area contributed by atoms with Crippen molar-refractivity contribution >= 4 is 17.1 Å². The summed E-state index contributed by atoms with van der Waals surface area (Å²) in [6.45, 7) is 5.51. The second-order valence-electron chi connectivity index (χ2n) is 6.98. The number of rotatable bonds is 3. The zero-order valence-electron chi connectivity index (χ0n) is 14.8. The molecule has 0 spiro atoms. The van der Waals surface area contributed by atoms with E-state index in [1.807, 2.05) is 23.1 Å². The molecule has 0 aliphatic carbocycles. The third kappa shape index (κ3) is 3.76. The fraction of sp³-hybridized carbons (Fsp3) is 0.556. The summed E-state index contributed by atoms with van der Waals surface area (Å²) in [6, 6.07) is 6.22. The van der Waals surface area contributed by atoms with Crippen LogP contribution in [0.4, 0.5) is 4.79 Å². The van der Waals surface area contributed by atoms with Crippen molar-refractivity contribution in [3.63, 3.8) is 0 Å². The highest BCUT2D eigenvalue weighted by molar-refractivity contribution is 5.76. The Hall–Kier alpha value is -2.32. The molecule has 2 aliphatic rings. The van der Waals surface area contributed by atoms with Crippen molar-refractivity contribution in [1.29, 1.82) is 0 Å². The molecule has 4 rings (SSSR count). The van der Waals surface area contributed by atoms with Crippen molar-refractivity contribution in [1.82, 2.24) is 25.1 Å². The predicted octanol–water partition coefficient (Wildman–Crippen LogP) is 0.862. The van der Waals surface area contributed by atoms with Gasteiger partial charge in [-0.3, -0.25) is 4.90 Å². The summed E-state index contributed by atoms with van der Waals surface area (Å²) in [4.78, 5) is 33.6. The first-order valence-electron chi connectivity index (χ1n) is 9.24. The van der Waals surface area contributed by atoms with Crippen LogP contribution in [0.2, 0.25) is 0 Å². The fourth-order valence-electron chi connectivity index (χ4n) is 3.82. The topological polar surface area (TPSA) is 93.5 Å². The van der Waals surface area contributed by atoms with Crippen molar-refractivity contribution < 1.29 is 9.53 Å². The number of carbonyl (C=O) groups excluding carboxylic acids is 1. The summed E-state index contributed by atoms with van der Waals surface area (Å²) in [5.41, 5.74) is 2.27. The number of ether oxygens (including phenoxy) is 1. The van der Waals surface area contributed by atoms with E-state index in [4.69, 9.17) is 4.74 Å². The molecule has 0 unspecified atom stereocenters. The van der Waals surface area contributed by atoms with Crippen LogP contribution in [0.25, 0.3) is 11.0 Å². The van der Waals surface area contributed by atoms with Gasteiger partial charge in [-0.2, -0.15) is 0 Å². The Kier molecular flexibility index (Phi) is 4.94. The normalized spacial score (nSPS) is 19.8. The molecule has 2 amide bonds. The molecule has 8 nitrogen and oxygen atoms in total. The molecule has 8 heteroatoms. The highest BCUT2D eigenvalue weighted by Gasteiger charge is 2.27. The number of aromatic amines is 2. The van der Waals surface area contributed by atoms with E-state index >= 15 is 0 Å². The van der Waals surface area contributed by atoms with Gasteiger partial charge in [0, 0.05) is 52.0 Å². The summed E-state index contributed by atoms with van der Waals surface area (Å²) in [5.74, 6) is 0. The number of aromatic nitrogens is 2. The van der Waals surface area contributed by atoms with Gasteiger partial charge in [0.1, 0.15) is 0 Å². The first-order chi connectivity index (χ1) is 12.7. The van der Waals surface area contributed by atoms with Crippen molar-refractivity contribution in [3.05, 3.63) is 34.2 Å². The molecular weight excluding hydrogens is 334 g/mol. The van der Waals surface area contributed by atoms with E-state index in [9.17, 15) is 9.59 Å². The molecule has 0 radical (unpaired) electrons. The number of hydrogen-bond donors (Lipinski definition) is 3. The Balaban J connectivity index is 1.27. The maximum absolute atomic E-state index is 12.4. The second kappa shape index (κ2) is 7.51. The molecule has 2 saturated heterocycles. The number of benzene rings is 1. The third-order valence-corrected chi connectivity index (χ3v) is 5.33. The zero-order chi connectivity index (χ0) is 17.9. The maximum Gasteiger partial charge on any atom is 0.323 e. The van der Waals surface area contributed by atoms with E-state index in [1.165, 1.54) is 0 Å². The van der Waals surface area contributed by atoms with Crippen LogP contribution in [0.5, 0.6) is 0 Å². The molecular formula is C18H25N5O3. The Labute approximate surface area is 151 Å². The lowest BCUT2D eigenvalue weighted by molar-refractivity contribution is 0.0187. The molecule has 1 aromatic carbocycles. The lowest BCUT2D eigenvalue weighted by Gasteiger charge is -2.40. The van der Waals surface area contributed by atoms with Crippen LogP contribution >= 0.6 is 0 Å². The molecule has 0 bridgehead atoms. The van der Waals surface area contributed by atoms with Crippen LogP contribution in [0, 0.1) is 0 Å². The van der Waals surface area contributed by atoms with Gasteiger partial charge in [-0.05, 0) is 30.5 Å². The standard InChI is InChI=1S/C18H25N5O3/c24-17-20-15-2-1-13(11-16(15)21-17)12-19-18(25)23-7-5-22(6-8-23)14-3-9-26-10-4-14/h1-2,11,14H,3-10,12H2,(H,19,25)(H2,20,21,24). The van der Waals surface area contributed by atoms with E-state index in [1.54, 1.807) is 0 Å². The number of H-pyrrole nitrogens is 2. The first-order valence-corrected chi connectivity index (χ1v) is 9.24. The largest absolute Gasteiger partial charge is 0.381 e. The molecule has 2 fully saturated rings. The Morgan fingerprint density at radius 3 is 2.62 bits per heavy atom. The number of nitrogens with zero attached hydrogens (tertiary/aromatic N) is 2. The van der Waals surface area contributed by atoms with Gasteiger partial charge in [0.15, 0.2) is 0 Å². The van der Waals surface area contributed by atoms with E-state index in [-0.39, 0.29) is 11.7 Å². The van der Waals surface area contributed by atoms with E-state index in [0.29, 0.717) is 12.6 Å². The van der Waals surface area contributed by atoms with Gasteiger partial charge in [0.25, 0.3) is 0 Å². The van der Waals surface area contributed by atoms with Crippen molar-refractivity contribution in [2.45, 2.75) is 25.4 Å². The maximum atomic E-state index is 12.4. The number of imidazole rings is 1. The molecule has 3 heterocycles. The van der Waals surface area contributed by atoms with Crippen LogP contribution in [0.1, 0.15) is 18.4 Å². The highest BCUT2D eigenvalue weighted by Crippen LogP contribution is 2.16. The first kappa shape index (κ1) is 17.1. The summed E-state index contributed by atoms with van der Waals surface area (Å²) in [7, 11) is 0. The summed E-state index contributed by atoms with van der Waals surface area (Å²) >= 11 is 0. The number of urea groups is 1. The van der Waals surface area contributed by atoms with Crippen LogP contribution in [0.3, 0.4) is 0 Å². The number of hydrogen-bond acceptors (Lipinski definition) is 4. The van der Waals surface area contributed by atoms with Gasteiger partial charge in [0.05, 0.1) is 11.0 Å². The van der Waals surface area contributed by atoms with Gasteiger partial charge in [-0.1, -0.05) is 6.07 Å². The molecule has 26 heavy (non-hydrogen) atoms. The van der Waals surface area contributed by atoms with Crippen LogP contribution in [-0.4, -0.2) is 71.2 Å². The van der Waals surface area contributed by atoms with Gasteiger partial charge in [-0.25, -0.2) is 9.59 Å². The number of fused-ring (bicyclic) bond motifs is 1. The SMILES string of the molecule is O=C(NCc1ccc2[nH]c(=O)[nH]c2c1)N1CCN(C2CCOCC2)CC1. The molecule has 140 valence electrons. The Morgan fingerprint density at radius 2 is 1.85 bits per heavy atom. The predicted molar refractivity (Wildman–Crippen MR) is 98.1 cm³/mol. The average Bonchev–Trinajstić information content (AvgIpc) is 3.06. The lowest BCUT2D eigenvalue weighted by Crippen LogP contribution is -2.54. The number of nitrogens with one attached hydrogen (secondary N) is 3. The van der Waals surface area contributed by atoms with Crippen molar-refractivity contribution in [2.75, 3.05) is 39.4 Å². The van der Waals surface area contributed by atoms with Crippen LogP contribution < -0.4 is 11.0 Å². The smallest absolute Gasteiger partial charge is 0.323 e. The Bertz CT molecular complexity index is 816. The Morgan fingerprint density at radius 1 is 1.12 bits per heavy atom. The summed E-state index contributed by atoms with van der Waals surface area (Å²) < 4.78 is 5.43. The quantitative estimate of drug-likeness (QED) is 0.758. The van der Waals surface area contributed by atoms with E-state index in [2.05, 4.69) is 20.2 Å². The van der Waals surface area contributed by atoms with Gasteiger partial charge < -0.3 is 24.9 Å². The molecule has 1 aromatic heterocycles. The third-order valence-electron chi connectivity index (χ3n) is 5.33.